The summed E-state index contributed by atoms with van der Waals surface area (Å²) in [5, 5.41) is 0.861. The lowest BCUT2D eigenvalue weighted by molar-refractivity contribution is 0.0319. The van der Waals surface area contributed by atoms with Crippen LogP contribution < -0.4 is 0 Å². The Labute approximate surface area is 48.7 Å². The Morgan fingerprint density at radius 1 is 1.12 bits per heavy atom. The molecule has 0 aromatic rings. The van der Waals surface area contributed by atoms with Gasteiger partial charge in [0.1, 0.15) is 0 Å². The lowest BCUT2D eigenvalue weighted by Gasteiger charge is -2.04. The Kier molecular flexibility index (Phi) is 2.03. The highest BCUT2D eigenvalue weighted by molar-refractivity contribution is 4.85. The van der Waals surface area contributed by atoms with Gasteiger partial charge >= 0.3 is 0 Å². The predicted octanol–water partition coefficient (Wildman–Crippen LogP) is 1.52. The molecule has 0 radical (unpaired) electrons. The molecule has 0 aliphatic carbocycles. The molecule has 1 aliphatic rings. The molecule has 1 aliphatic heterocycles. The van der Waals surface area contributed by atoms with Gasteiger partial charge in [-0.2, -0.15) is 0 Å². The molecule has 0 fully saturated rings. The maximum atomic E-state index is 12.2. The Hall–Kier alpha value is -0.370. The van der Waals surface area contributed by atoms with E-state index in [-0.39, 0.29) is 0 Å². The first kappa shape index (κ1) is 5.76. The highest BCUT2D eigenvalue weighted by Crippen LogP contribution is 2.01. The van der Waals surface area contributed by atoms with Crippen molar-refractivity contribution in [1.29, 1.82) is 0 Å². The zero-order chi connectivity index (χ0) is 5.82. The molecule has 46 valence electrons. The fraction of sp³-hybridized carbons (Fsp3) is 0.667. The van der Waals surface area contributed by atoms with Crippen molar-refractivity contribution >= 4 is 0 Å². The Bertz CT molecular complexity index is 80.5. The van der Waals surface area contributed by atoms with Crippen molar-refractivity contribution in [3.05, 3.63) is 12.2 Å². The summed E-state index contributed by atoms with van der Waals surface area (Å²) < 4.78 is 12.2. The highest BCUT2D eigenvalue weighted by Gasteiger charge is 2.00. The van der Waals surface area contributed by atoms with E-state index in [1.54, 1.807) is 0 Å². The van der Waals surface area contributed by atoms with E-state index in [0.29, 0.717) is 13.1 Å². The van der Waals surface area contributed by atoms with Gasteiger partial charge < -0.3 is 0 Å². The fourth-order valence-electron chi connectivity index (χ4n) is 0.777. The minimum atomic E-state index is 0.566. The number of halogens is 1. The number of nitrogens with zero attached hydrogens (tertiary/aromatic N) is 1. The van der Waals surface area contributed by atoms with Gasteiger partial charge in [-0.15, -0.1) is 9.60 Å². The molecule has 1 nitrogen and oxygen atoms in total. The lowest BCUT2D eigenvalue weighted by atomic mass is 10.4. The van der Waals surface area contributed by atoms with Crippen molar-refractivity contribution in [2.45, 2.75) is 12.8 Å². The van der Waals surface area contributed by atoms with Crippen LogP contribution in [0.25, 0.3) is 0 Å². The van der Waals surface area contributed by atoms with Crippen LogP contribution in [0.3, 0.4) is 0 Å². The van der Waals surface area contributed by atoms with Crippen molar-refractivity contribution < 1.29 is 4.48 Å². The SMILES string of the molecule is FN1CCC=CCC1. The molecule has 0 saturated heterocycles. The maximum Gasteiger partial charge on any atom is 0.0325 e. The average molecular weight is 115 g/mol. The number of rotatable bonds is 0. The van der Waals surface area contributed by atoms with Gasteiger partial charge in [0.05, 0.1) is 0 Å². The van der Waals surface area contributed by atoms with E-state index in [0.717, 1.165) is 18.0 Å². The summed E-state index contributed by atoms with van der Waals surface area (Å²) in [5.74, 6) is 0. The molecule has 0 aromatic carbocycles. The van der Waals surface area contributed by atoms with Gasteiger partial charge in [0.2, 0.25) is 0 Å². The molecule has 0 saturated carbocycles. The van der Waals surface area contributed by atoms with E-state index in [4.69, 9.17) is 0 Å². The van der Waals surface area contributed by atoms with Crippen LogP contribution in [-0.2, 0) is 0 Å². The molecule has 2 heteroatoms. The molecule has 8 heavy (non-hydrogen) atoms. The van der Waals surface area contributed by atoms with Crippen LogP contribution in [0, 0.1) is 0 Å². The highest BCUT2D eigenvalue weighted by atomic mass is 19.2. The average Bonchev–Trinajstić information content (AvgIpc) is 1.94. The van der Waals surface area contributed by atoms with Gasteiger partial charge in [0.15, 0.2) is 0 Å². The Morgan fingerprint density at radius 2 is 1.62 bits per heavy atom. The number of hydrogen-bond acceptors (Lipinski definition) is 1. The molecule has 0 unspecified atom stereocenters. The van der Waals surface area contributed by atoms with Crippen LogP contribution in [0.1, 0.15) is 12.8 Å². The van der Waals surface area contributed by atoms with Crippen molar-refractivity contribution in [3.8, 4) is 0 Å². The van der Waals surface area contributed by atoms with Crippen molar-refractivity contribution in [2.75, 3.05) is 13.1 Å². The van der Waals surface area contributed by atoms with Gasteiger partial charge in [-0.3, -0.25) is 0 Å². The van der Waals surface area contributed by atoms with Crippen LogP contribution in [0.2, 0.25) is 0 Å². The summed E-state index contributed by atoms with van der Waals surface area (Å²) in [6, 6.07) is 0. The van der Waals surface area contributed by atoms with Crippen molar-refractivity contribution in [3.63, 3.8) is 0 Å². The van der Waals surface area contributed by atoms with Crippen molar-refractivity contribution in [1.82, 2.24) is 5.12 Å². The van der Waals surface area contributed by atoms with Gasteiger partial charge in [-0.1, -0.05) is 12.2 Å². The second kappa shape index (κ2) is 2.82. The summed E-state index contributed by atoms with van der Waals surface area (Å²) in [6.07, 6.45) is 5.77. The van der Waals surface area contributed by atoms with Crippen LogP contribution >= 0.6 is 0 Å². The largest absolute Gasteiger partial charge is 0.146 e. The second-order valence-corrected chi connectivity index (χ2v) is 1.96. The molecule has 0 spiro atoms. The minimum absolute atomic E-state index is 0.566. The third-order valence-electron chi connectivity index (χ3n) is 1.24. The lowest BCUT2D eigenvalue weighted by Crippen LogP contribution is -2.13. The maximum absolute atomic E-state index is 12.2. The third kappa shape index (κ3) is 1.62. The first-order valence-electron chi connectivity index (χ1n) is 2.95. The summed E-state index contributed by atoms with van der Waals surface area (Å²) in [7, 11) is 0. The van der Waals surface area contributed by atoms with Gasteiger partial charge in [-0.05, 0) is 12.8 Å². The van der Waals surface area contributed by atoms with Gasteiger partial charge in [0.25, 0.3) is 0 Å². The van der Waals surface area contributed by atoms with Crippen LogP contribution in [-0.4, -0.2) is 18.2 Å². The van der Waals surface area contributed by atoms with E-state index in [1.165, 1.54) is 0 Å². The smallest absolute Gasteiger partial charge is 0.0325 e. The van der Waals surface area contributed by atoms with Gasteiger partial charge in [0, 0.05) is 13.1 Å². The Morgan fingerprint density at radius 3 is 2.12 bits per heavy atom. The monoisotopic (exact) mass is 115 g/mol. The standard InChI is InChI=1S/C6H10FN/c7-8-5-3-1-2-4-6-8/h1-2H,3-6H2. The molecule has 1 rings (SSSR count). The zero-order valence-electron chi connectivity index (χ0n) is 4.81. The van der Waals surface area contributed by atoms with Crippen LogP contribution in [0.15, 0.2) is 12.2 Å². The summed E-state index contributed by atoms with van der Waals surface area (Å²) in [5.41, 5.74) is 0. The molecule has 0 amide bonds. The topological polar surface area (TPSA) is 3.24 Å². The second-order valence-electron chi connectivity index (χ2n) is 1.96. The van der Waals surface area contributed by atoms with E-state index >= 15 is 0 Å². The van der Waals surface area contributed by atoms with E-state index < -0.39 is 0 Å². The van der Waals surface area contributed by atoms with Crippen LogP contribution in [0.4, 0.5) is 4.48 Å². The van der Waals surface area contributed by atoms with Crippen molar-refractivity contribution in [2.24, 2.45) is 0 Å². The third-order valence-corrected chi connectivity index (χ3v) is 1.24. The van der Waals surface area contributed by atoms with Gasteiger partial charge in [-0.25, -0.2) is 0 Å². The number of hydrogen-bond donors (Lipinski definition) is 0. The van der Waals surface area contributed by atoms with E-state index in [1.807, 2.05) is 12.2 Å². The molecule has 0 aromatic heterocycles. The summed E-state index contributed by atoms with van der Waals surface area (Å²) in [4.78, 5) is 0. The molecular weight excluding hydrogens is 105 g/mol. The molecule has 0 bridgehead atoms. The predicted molar refractivity (Wildman–Crippen MR) is 31.1 cm³/mol. The first-order valence-corrected chi connectivity index (χ1v) is 2.95. The zero-order valence-corrected chi connectivity index (χ0v) is 4.81. The molecule has 1 heterocycles. The van der Waals surface area contributed by atoms with E-state index in [9.17, 15) is 4.48 Å². The van der Waals surface area contributed by atoms with E-state index in [2.05, 4.69) is 0 Å². The minimum Gasteiger partial charge on any atom is -0.146 e. The summed E-state index contributed by atoms with van der Waals surface area (Å²) >= 11 is 0. The Balaban J connectivity index is 2.28. The first-order chi connectivity index (χ1) is 3.89. The molecule has 0 N–H and O–H groups in total. The fourth-order valence-corrected chi connectivity index (χ4v) is 0.777. The normalized spacial score (nSPS) is 23.1. The molecular formula is C6H10FN. The molecule has 0 atom stereocenters. The van der Waals surface area contributed by atoms with Crippen LogP contribution in [0.5, 0.6) is 0 Å². The quantitative estimate of drug-likeness (QED) is 0.342. The summed E-state index contributed by atoms with van der Waals surface area (Å²) in [6.45, 7) is 1.13.